The number of hydrogen-bond donors (Lipinski definition) is 0. The van der Waals surface area contributed by atoms with Gasteiger partial charge in [0.2, 0.25) is 0 Å². The summed E-state index contributed by atoms with van der Waals surface area (Å²) in [6, 6.07) is 8.38. The molecule has 0 fully saturated rings. The van der Waals surface area contributed by atoms with Crippen molar-refractivity contribution in [2.75, 3.05) is 0 Å². The molecule has 2 heterocycles. The maximum absolute atomic E-state index is 9.51. The van der Waals surface area contributed by atoms with Gasteiger partial charge in [0, 0.05) is 16.6 Å². The van der Waals surface area contributed by atoms with Crippen LogP contribution in [0.5, 0.6) is 0 Å². The predicted octanol–water partition coefficient (Wildman–Crippen LogP) is 5.28. The lowest BCUT2D eigenvalue weighted by Gasteiger charge is -2.08. The molecule has 126 valence electrons. The average Bonchev–Trinajstić information content (AvgIpc) is 3.12. The third-order valence-electron chi connectivity index (χ3n) is 3.90. The molecule has 0 N–H and O–H groups in total. The van der Waals surface area contributed by atoms with E-state index in [1.807, 2.05) is 39.1 Å². The number of allylic oxidation sites excluding steroid dienone is 1. The van der Waals surface area contributed by atoms with Crippen molar-refractivity contribution in [2.24, 2.45) is 0 Å². The van der Waals surface area contributed by atoms with Crippen molar-refractivity contribution in [3.05, 3.63) is 61.8 Å². The standard InChI is InChI=1S/C19H17ClN4S/c1-11-5-6-12(2)17(7-11)24-18(20)16(14(4)23-24)8-15(9-21)19-22-13(3)10-25-19/h5-8,10H,1-4H3/b15-8+. The number of hydrogen-bond acceptors (Lipinski definition) is 4. The lowest BCUT2D eigenvalue weighted by Crippen LogP contribution is -2.00. The molecular weight excluding hydrogens is 352 g/mol. The van der Waals surface area contributed by atoms with Crippen LogP contribution in [-0.4, -0.2) is 14.8 Å². The summed E-state index contributed by atoms with van der Waals surface area (Å²) in [5, 5.41) is 17.2. The Labute approximate surface area is 156 Å². The van der Waals surface area contributed by atoms with Gasteiger partial charge in [0.15, 0.2) is 0 Å². The third kappa shape index (κ3) is 3.37. The zero-order valence-electron chi connectivity index (χ0n) is 14.5. The molecular formula is C19H17ClN4S. The van der Waals surface area contributed by atoms with Crippen LogP contribution in [0.2, 0.25) is 5.15 Å². The normalized spacial score (nSPS) is 11.6. The molecule has 0 spiro atoms. The highest BCUT2D eigenvalue weighted by molar-refractivity contribution is 7.11. The Morgan fingerprint density at radius 1 is 1.28 bits per heavy atom. The van der Waals surface area contributed by atoms with Gasteiger partial charge in [-0.15, -0.1) is 11.3 Å². The molecule has 0 radical (unpaired) electrons. The lowest BCUT2D eigenvalue weighted by molar-refractivity contribution is 0.855. The summed E-state index contributed by atoms with van der Waals surface area (Å²) in [5.41, 5.74) is 6.06. The highest BCUT2D eigenvalue weighted by atomic mass is 35.5. The highest BCUT2D eigenvalue weighted by Gasteiger charge is 2.16. The van der Waals surface area contributed by atoms with Crippen LogP contribution in [0.15, 0.2) is 23.6 Å². The largest absolute Gasteiger partial charge is 0.241 e. The molecule has 0 atom stereocenters. The Morgan fingerprint density at radius 2 is 2.04 bits per heavy atom. The molecule has 0 aliphatic heterocycles. The van der Waals surface area contributed by atoms with Crippen LogP contribution in [-0.2, 0) is 0 Å². The number of benzene rings is 1. The number of halogens is 1. The maximum Gasteiger partial charge on any atom is 0.140 e. The van der Waals surface area contributed by atoms with Crippen LogP contribution in [0.3, 0.4) is 0 Å². The molecule has 25 heavy (non-hydrogen) atoms. The number of aromatic nitrogens is 3. The molecule has 0 aliphatic carbocycles. The zero-order chi connectivity index (χ0) is 18.1. The van der Waals surface area contributed by atoms with E-state index in [1.165, 1.54) is 11.3 Å². The number of nitriles is 1. The summed E-state index contributed by atoms with van der Waals surface area (Å²) in [7, 11) is 0. The minimum absolute atomic E-state index is 0.489. The van der Waals surface area contributed by atoms with Gasteiger partial charge >= 0.3 is 0 Å². The fraction of sp³-hybridized carbons (Fsp3) is 0.211. The minimum Gasteiger partial charge on any atom is -0.241 e. The van der Waals surface area contributed by atoms with Crippen molar-refractivity contribution < 1.29 is 0 Å². The summed E-state index contributed by atoms with van der Waals surface area (Å²) in [5.74, 6) is 0. The first-order chi connectivity index (χ1) is 11.9. The van der Waals surface area contributed by atoms with E-state index in [2.05, 4.69) is 28.3 Å². The molecule has 2 aromatic heterocycles. The third-order valence-corrected chi connectivity index (χ3v) is 5.26. The molecule has 0 unspecified atom stereocenters. The second-order valence-electron chi connectivity index (χ2n) is 5.96. The van der Waals surface area contributed by atoms with E-state index in [-0.39, 0.29) is 0 Å². The summed E-state index contributed by atoms with van der Waals surface area (Å²) >= 11 is 8.06. The van der Waals surface area contributed by atoms with Crippen LogP contribution < -0.4 is 0 Å². The Balaban J connectivity index is 2.13. The predicted molar refractivity (Wildman–Crippen MR) is 103 cm³/mol. The molecule has 3 rings (SSSR count). The fourth-order valence-electron chi connectivity index (χ4n) is 2.55. The van der Waals surface area contributed by atoms with Gasteiger partial charge in [0.25, 0.3) is 0 Å². The monoisotopic (exact) mass is 368 g/mol. The lowest BCUT2D eigenvalue weighted by atomic mass is 10.1. The fourth-order valence-corrected chi connectivity index (χ4v) is 3.63. The molecule has 0 saturated carbocycles. The molecule has 3 aromatic rings. The number of rotatable bonds is 3. The molecule has 1 aromatic carbocycles. The zero-order valence-corrected chi connectivity index (χ0v) is 16.0. The summed E-state index contributed by atoms with van der Waals surface area (Å²) < 4.78 is 1.73. The maximum atomic E-state index is 9.51. The quantitative estimate of drug-likeness (QED) is 0.591. The molecule has 0 aliphatic rings. The van der Waals surface area contributed by atoms with Crippen LogP contribution in [0.25, 0.3) is 17.3 Å². The summed E-state index contributed by atoms with van der Waals surface area (Å²) in [4.78, 5) is 4.39. The highest BCUT2D eigenvalue weighted by Crippen LogP contribution is 2.30. The summed E-state index contributed by atoms with van der Waals surface area (Å²) in [6.45, 7) is 7.86. The van der Waals surface area contributed by atoms with Gasteiger partial charge in [-0.05, 0) is 51.0 Å². The Morgan fingerprint density at radius 3 is 2.68 bits per heavy atom. The Hall–Kier alpha value is -2.42. The van der Waals surface area contributed by atoms with E-state index in [0.29, 0.717) is 15.7 Å². The van der Waals surface area contributed by atoms with Crippen LogP contribution in [0, 0.1) is 39.0 Å². The van der Waals surface area contributed by atoms with Gasteiger partial charge in [-0.25, -0.2) is 9.67 Å². The van der Waals surface area contributed by atoms with Crippen molar-refractivity contribution in [3.63, 3.8) is 0 Å². The van der Waals surface area contributed by atoms with Crippen molar-refractivity contribution in [1.82, 2.24) is 14.8 Å². The smallest absolute Gasteiger partial charge is 0.140 e. The van der Waals surface area contributed by atoms with Crippen molar-refractivity contribution >= 4 is 34.6 Å². The minimum atomic E-state index is 0.489. The average molecular weight is 369 g/mol. The Kier molecular flexibility index (Phi) is 4.76. The van der Waals surface area contributed by atoms with Crippen molar-refractivity contribution in [3.8, 4) is 11.8 Å². The van der Waals surface area contributed by atoms with Gasteiger partial charge in [-0.1, -0.05) is 23.7 Å². The number of aryl methyl sites for hydroxylation is 4. The molecule has 4 nitrogen and oxygen atoms in total. The molecule has 0 saturated heterocycles. The first-order valence-corrected chi connectivity index (χ1v) is 9.03. The van der Waals surface area contributed by atoms with Crippen molar-refractivity contribution in [2.45, 2.75) is 27.7 Å². The molecule has 6 heteroatoms. The van der Waals surface area contributed by atoms with Crippen LogP contribution in [0.1, 0.15) is 33.1 Å². The first-order valence-electron chi connectivity index (χ1n) is 7.77. The van der Waals surface area contributed by atoms with E-state index < -0.39 is 0 Å². The van der Waals surface area contributed by atoms with Gasteiger partial charge in [-0.2, -0.15) is 10.4 Å². The van der Waals surface area contributed by atoms with Crippen LogP contribution in [0.4, 0.5) is 0 Å². The number of thiazole rings is 1. The van der Waals surface area contributed by atoms with Gasteiger partial charge < -0.3 is 0 Å². The number of nitrogens with zero attached hydrogens (tertiary/aromatic N) is 4. The van der Waals surface area contributed by atoms with Gasteiger partial charge in [0.1, 0.15) is 16.2 Å². The molecule has 0 amide bonds. The topological polar surface area (TPSA) is 54.5 Å². The first kappa shape index (κ1) is 17.4. The Bertz CT molecular complexity index is 1020. The van der Waals surface area contributed by atoms with Crippen molar-refractivity contribution in [1.29, 1.82) is 5.26 Å². The SMILES string of the molecule is Cc1ccc(C)c(-n2nc(C)c(/C=C(\C#N)c3nc(C)cs3)c2Cl)c1. The van der Waals surface area contributed by atoms with Gasteiger partial charge in [0.05, 0.1) is 17.0 Å². The molecule has 0 bridgehead atoms. The second-order valence-corrected chi connectivity index (χ2v) is 7.17. The summed E-state index contributed by atoms with van der Waals surface area (Å²) in [6.07, 6.45) is 1.77. The second kappa shape index (κ2) is 6.83. The van der Waals surface area contributed by atoms with E-state index in [4.69, 9.17) is 11.6 Å². The van der Waals surface area contributed by atoms with E-state index in [0.717, 1.165) is 33.8 Å². The van der Waals surface area contributed by atoms with E-state index in [9.17, 15) is 5.26 Å². The van der Waals surface area contributed by atoms with Crippen LogP contribution >= 0.6 is 22.9 Å². The van der Waals surface area contributed by atoms with E-state index >= 15 is 0 Å². The van der Waals surface area contributed by atoms with Gasteiger partial charge in [-0.3, -0.25) is 0 Å². The van der Waals surface area contributed by atoms with E-state index in [1.54, 1.807) is 10.8 Å².